The second-order valence-corrected chi connectivity index (χ2v) is 6.06. The molecule has 0 saturated carbocycles. The van der Waals surface area contributed by atoms with Gasteiger partial charge < -0.3 is 19.1 Å². The highest BCUT2D eigenvalue weighted by molar-refractivity contribution is 9.10. The Balaban J connectivity index is 2.16. The zero-order chi connectivity index (χ0) is 17.3. The van der Waals surface area contributed by atoms with E-state index in [0.29, 0.717) is 33.4 Å². The van der Waals surface area contributed by atoms with E-state index in [1.165, 1.54) is 0 Å². The summed E-state index contributed by atoms with van der Waals surface area (Å²) in [4.78, 5) is 11.2. The van der Waals surface area contributed by atoms with Crippen LogP contribution >= 0.6 is 15.9 Å². The van der Waals surface area contributed by atoms with Gasteiger partial charge in [-0.1, -0.05) is 22.0 Å². The summed E-state index contributed by atoms with van der Waals surface area (Å²) < 4.78 is 12.9. The van der Waals surface area contributed by atoms with Gasteiger partial charge in [-0.05, 0) is 35.0 Å². The molecule has 0 aliphatic carbocycles. The molecule has 1 N–H and O–H groups in total. The lowest BCUT2D eigenvalue weighted by molar-refractivity contribution is 0.392. The highest BCUT2D eigenvalue weighted by atomic mass is 79.9. The number of aromatic nitrogens is 1. The monoisotopic (exact) mass is 390 g/mol. The summed E-state index contributed by atoms with van der Waals surface area (Å²) in [6.45, 7) is 0.335. The molecule has 3 aromatic rings. The van der Waals surface area contributed by atoms with E-state index < -0.39 is 0 Å². The van der Waals surface area contributed by atoms with E-state index in [1.807, 2.05) is 24.3 Å². The van der Waals surface area contributed by atoms with Gasteiger partial charge in [-0.3, -0.25) is 0 Å². The molecule has 0 amide bonds. The molecule has 0 radical (unpaired) electrons. The Bertz CT molecular complexity index is 898. The topological polar surface area (TPSA) is 73.0 Å². The van der Waals surface area contributed by atoms with Crippen molar-refractivity contribution in [2.24, 2.45) is 5.18 Å². The maximum Gasteiger partial charge on any atom is 0.222 e. The van der Waals surface area contributed by atoms with Crippen molar-refractivity contribution < 1.29 is 14.6 Å². The SMILES string of the molecule is COc1cc(Cn2c(O)c(N=O)c3c(Br)cccc32)cc(OC)c1. The summed E-state index contributed by atoms with van der Waals surface area (Å²) in [5.41, 5.74) is 1.58. The Morgan fingerprint density at radius 1 is 1.17 bits per heavy atom. The molecular weight excluding hydrogens is 376 g/mol. The van der Waals surface area contributed by atoms with E-state index >= 15 is 0 Å². The number of nitrogens with zero attached hydrogens (tertiary/aromatic N) is 2. The van der Waals surface area contributed by atoms with Crippen molar-refractivity contribution in [1.82, 2.24) is 4.57 Å². The van der Waals surface area contributed by atoms with Crippen molar-refractivity contribution in [2.75, 3.05) is 14.2 Å². The molecule has 24 heavy (non-hydrogen) atoms. The van der Waals surface area contributed by atoms with Crippen LogP contribution in [0.15, 0.2) is 46.0 Å². The number of ether oxygens (including phenoxy) is 2. The molecule has 0 aliphatic rings. The number of methoxy groups -OCH3 is 2. The quantitative estimate of drug-likeness (QED) is 0.647. The van der Waals surface area contributed by atoms with Crippen LogP contribution in [0.3, 0.4) is 0 Å². The number of nitroso groups, excluding NO2 is 1. The van der Waals surface area contributed by atoms with Gasteiger partial charge in [-0.15, -0.1) is 4.91 Å². The fourth-order valence-corrected chi connectivity index (χ4v) is 3.26. The maximum atomic E-state index is 11.2. The van der Waals surface area contributed by atoms with Crippen molar-refractivity contribution in [1.29, 1.82) is 0 Å². The zero-order valence-corrected chi connectivity index (χ0v) is 14.7. The van der Waals surface area contributed by atoms with Gasteiger partial charge in [0.05, 0.1) is 26.3 Å². The third kappa shape index (κ3) is 2.71. The van der Waals surface area contributed by atoms with E-state index in [-0.39, 0.29) is 11.6 Å². The molecule has 6 nitrogen and oxygen atoms in total. The first-order valence-corrected chi connectivity index (χ1v) is 7.93. The van der Waals surface area contributed by atoms with Crippen LogP contribution in [0.1, 0.15) is 5.56 Å². The van der Waals surface area contributed by atoms with Gasteiger partial charge in [0.1, 0.15) is 11.5 Å². The second-order valence-electron chi connectivity index (χ2n) is 5.20. The van der Waals surface area contributed by atoms with Crippen molar-refractivity contribution in [3.05, 3.63) is 51.3 Å². The van der Waals surface area contributed by atoms with Crippen molar-refractivity contribution in [2.45, 2.75) is 6.54 Å². The van der Waals surface area contributed by atoms with Gasteiger partial charge >= 0.3 is 0 Å². The lowest BCUT2D eigenvalue weighted by Gasteiger charge is -2.11. The lowest BCUT2D eigenvalue weighted by atomic mass is 10.2. The molecule has 1 heterocycles. The predicted octanol–water partition coefficient (Wildman–Crippen LogP) is 4.57. The summed E-state index contributed by atoms with van der Waals surface area (Å²) in [5.74, 6) is 1.12. The Hall–Kier alpha value is -2.54. The van der Waals surface area contributed by atoms with E-state index in [2.05, 4.69) is 21.1 Å². The minimum atomic E-state index is -0.173. The standard InChI is InChI=1S/C17H15BrN2O4/c1-23-11-6-10(7-12(8-11)24-2)9-20-14-5-3-4-13(18)15(14)16(19-22)17(20)21/h3-8,21H,9H2,1-2H3. The summed E-state index contributed by atoms with van der Waals surface area (Å²) >= 11 is 3.40. The van der Waals surface area contributed by atoms with Crippen molar-refractivity contribution in [3.8, 4) is 17.4 Å². The van der Waals surface area contributed by atoms with Crippen LogP contribution < -0.4 is 9.47 Å². The molecule has 0 saturated heterocycles. The molecule has 1 aromatic heterocycles. The zero-order valence-electron chi connectivity index (χ0n) is 13.1. The summed E-state index contributed by atoms with van der Waals surface area (Å²) in [5, 5.41) is 14.0. The average Bonchev–Trinajstić information content (AvgIpc) is 2.87. The average molecular weight is 391 g/mol. The molecule has 2 aromatic carbocycles. The Morgan fingerprint density at radius 2 is 1.83 bits per heavy atom. The highest BCUT2D eigenvalue weighted by Gasteiger charge is 2.20. The van der Waals surface area contributed by atoms with Crippen LogP contribution in [0, 0.1) is 4.91 Å². The first-order chi connectivity index (χ1) is 11.6. The minimum absolute atomic E-state index is 0.0207. The molecule has 0 atom stereocenters. The predicted molar refractivity (Wildman–Crippen MR) is 95.4 cm³/mol. The molecule has 0 unspecified atom stereocenters. The van der Waals surface area contributed by atoms with Crippen LogP contribution in [-0.2, 0) is 6.54 Å². The molecule has 0 bridgehead atoms. The largest absolute Gasteiger partial charge is 0.497 e. The van der Waals surface area contributed by atoms with Gasteiger partial charge in [0.15, 0.2) is 5.69 Å². The smallest absolute Gasteiger partial charge is 0.222 e. The van der Waals surface area contributed by atoms with Crippen LogP contribution in [-0.4, -0.2) is 23.9 Å². The van der Waals surface area contributed by atoms with Gasteiger partial charge in [-0.2, -0.15) is 0 Å². The number of hydrogen-bond acceptors (Lipinski definition) is 5. The molecular formula is C17H15BrN2O4. The van der Waals surface area contributed by atoms with Gasteiger partial charge in [-0.25, -0.2) is 0 Å². The summed E-state index contributed by atoms with van der Waals surface area (Å²) in [6, 6.07) is 10.9. The normalized spacial score (nSPS) is 10.8. The summed E-state index contributed by atoms with van der Waals surface area (Å²) in [7, 11) is 3.15. The van der Waals surface area contributed by atoms with Crippen molar-refractivity contribution >= 4 is 32.5 Å². The molecule has 3 rings (SSSR count). The lowest BCUT2D eigenvalue weighted by Crippen LogP contribution is -2.00. The number of rotatable bonds is 5. The minimum Gasteiger partial charge on any atom is -0.497 e. The van der Waals surface area contributed by atoms with E-state index in [1.54, 1.807) is 30.9 Å². The molecule has 0 spiro atoms. The molecule has 0 aliphatic heterocycles. The number of aromatic hydroxyl groups is 1. The third-order valence-electron chi connectivity index (χ3n) is 3.83. The molecule has 0 fully saturated rings. The second kappa shape index (κ2) is 6.52. The first-order valence-electron chi connectivity index (χ1n) is 7.14. The van der Waals surface area contributed by atoms with Crippen LogP contribution in [0.5, 0.6) is 17.4 Å². The Morgan fingerprint density at radius 3 is 2.42 bits per heavy atom. The summed E-state index contributed by atoms with van der Waals surface area (Å²) in [6.07, 6.45) is 0. The Kier molecular flexibility index (Phi) is 4.44. The Labute approximate surface area is 146 Å². The third-order valence-corrected chi connectivity index (χ3v) is 4.49. The van der Waals surface area contributed by atoms with Gasteiger partial charge in [0.2, 0.25) is 5.88 Å². The highest BCUT2D eigenvalue weighted by Crippen LogP contribution is 2.42. The maximum absolute atomic E-state index is 11.2. The number of fused-ring (bicyclic) bond motifs is 1. The van der Waals surface area contributed by atoms with E-state index in [0.717, 1.165) is 5.56 Å². The first kappa shape index (κ1) is 16.3. The van der Waals surface area contributed by atoms with Crippen LogP contribution in [0.2, 0.25) is 0 Å². The fraction of sp³-hybridized carbons (Fsp3) is 0.176. The molecule has 124 valence electrons. The van der Waals surface area contributed by atoms with Gasteiger partial charge in [0.25, 0.3) is 0 Å². The number of benzene rings is 2. The van der Waals surface area contributed by atoms with Crippen molar-refractivity contribution in [3.63, 3.8) is 0 Å². The van der Waals surface area contributed by atoms with Gasteiger partial charge in [0, 0.05) is 15.9 Å². The number of halogens is 1. The van der Waals surface area contributed by atoms with Crippen LogP contribution in [0.25, 0.3) is 10.9 Å². The fourth-order valence-electron chi connectivity index (χ4n) is 2.71. The number of hydrogen-bond donors (Lipinski definition) is 1. The molecule has 7 heteroatoms. The van der Waals surface area contributed by atoms with Crippen LogP contribution in [0.4, 0.5) is 5.69 Å². The van der Waals surface area contributed by atoms with E-state index in [4.69, 9.17) is 9.47 Å². The van der Waals surface area contributed by atoms with E-state index in [9.17, 15) is 10.0 Å².